The molecule has 0 bridgehead atoms. The summed E-state index contributed by atoms with van der Waals surface area (Å²) in [6.07, 6.45) is 6.44. The summed E-state index contributed by atoms with van der Waals surface area (Å²) < 4.78 is 0. The molecule has 1 fully saturated rings. The second kappa shape index (κ2) is 7.71. The van der Waals surface area contributed by atoms with Gasteiger partial charge in [0, 0.05) is 29.9 Å². The van der Waals surface area contributed by atoms with Gasteiger partial charge in [-0.15, -0.1) is 0 Å². The molecule has 0 spiro atoms. The van der Waals surface area contributed by atoms with Crippen LogP contribution in [-0.4, -0.2) is 23.3 Å². The van der Waals surface area contributed by atoms with Crippen LogP contribution in [0.5, 0.6) is 0 Å². The minimum atomic E-state index is 0.265. The Balaban J connectivity index is 1.68. The molecule has 4 heteroatoms. The quantitative estimate of drug-likeness (QED) is 0.531. The van der Waals surface area contributed by atoms with Crippen LogP contribution in [0.1, 0.15) is 49.8 Å². The lowest BCUT2D eigenvalue weighted by atomic mass is 10.0. The number of benzene rings is 1. The molecule has 3 nitrogen and oxygen atoms in total. The first-order valence-corrected chi connectivity index (χ1v) is 10.6. The van der Waals surface area contributed by atoms with Gasteiger partial charge in [0.15, 0.2) is 0 Å². The Hall–Kier alpha value is -2.13. The number of hydrogen-bond acceptors (Lipinski definition) is 3. The molecule has 0 saturated heterocycles. The molecule has 4 rings (SSSR count). The lowest BCUT2D eigenvalue weighted by Crippen LogP contribution is -2.39. The first kappa shape index (κ1) is 19.2. The molecule has 1 saturated carbocycles. The summed E-state index contributed by atoms with van der Waals surface area (Å²) >= 11 is 6.51. The summed E-state index contributed by atoms with van der Waals surface area (Å²) in [4.78, 5) is 12.2. The summed E-state index contributed by atoms with van der Waals surface area (Å²) in [7, 11) is 0. The molecule has 0 N–H and O–H groups in total. The van der Waals surface area contributed by atoms with Crippen molar-refractivity contribution < 1.29 is 0 Å². The highest BCUT2D eigenvalue weighted by atomic mass is 35.5. The molecule has 2 aliphatic rings. The van der Waals surface area contributed by atoms with Crippen LogP contribution in [-0.2, 0) is 6.42 Å². The van der Waals surface area contributed by atoms with Crippen molar-refractivity contribution in [3.8, 4) is 0 Å². The molecule has 0 amide bonds. The number of aliphatic imine (C=N–C) groups is 1. The van der Waals surface area contributed by atoms with E-state index in [1.165, 1.54) is 18.4 Å². The van der Waals surface area contributed by atoms with Crippen LogP contribution in [0.3, 0.4) is 0 Å². The van der Waals surface area contributed by atoms with E-state index in [4.69, 9.17) is 16.6 Å². The van der Waals surface area contributed by atoms with Crippen LogP contribution < -0.4 is 4.90 Å². The number of fused-ring (bicyclic) bond motifs is 1. The van der Waals surface area contributed by atoms with Gasteiger partial charge in [-0.3, -0.25) is 4.99 Å². The molecule has 1 aromatic heterocycles. The van der Waals surface area contributed by atoms with Gasteiger partial charge in [0.25, 0.3) is 0 Å². The Morgan fingerprint density at radius 3 is 2.86 bits per heavy atom. The van der Waals surface area contributed by atoms with Crippen LogP contribution in [0.4, 0.5) is 11.5 Å². The van der Waals surface area contributed by atoms with Crippen molar-refractivity contribution in [3.63, 3.8) is 0 Å². The van der Waals surface area contributed by atoms with Crippen molar-refractivity contribution >= 4 is 34.4 Å². The van der Waals surface area contributed by atoms with Gasteiger partial charge < -0.3 is 4.90 Å². The third-order valence-electron chi connectivity index (χ3n) is 6.01. The smallest absolute Gasteiger partial charge is 0.132 e. The van der Waals surface area contributed by atoms with E-state index in [0.717, 1.165) is 64.2 Å². The molecular formula is C24H28ClN3. The third kappa shape index (κ3) is 3.73. The molecule has 2 heterocycles. The van der Waals surface area contributed by atoms with E-state index in [0.29, 0.717) is 0 Å². The third-order valence-corrected chi connectivity index (χ3v) is 6.40. The number of anilines is 1. The summed E-state index contributed by atoms with van der Waals surface area (Å²) in [6, 6.07) is 8.63. The number of halogens is 1. The van der Waals surface area contributed by atoms with Crippen molar-refractivity contribution in [1.82, 2.24) is 4.98 Å². The first-order valence-electron chi connectivity index (χ1n) is 10.2. The van der Waals surface area contributed by atoms with Gasteiger partial charge in [-0.2, -0.15) is 0 Å². The zero-order valence-electron chi connectivity index (χ0n) is 17.0. The maximum Gasteiger partial charge on any atom is 0.132 e. The topological polar surface area (TPSA) is 28.5 Å². The Labute approximate surface area is 173 Å². The van der Waals surface area contributed by atoms with Crippen molar-refractivity contribution in [3.05, 3.63) is 58.8 Å². The number of aromatic nitrogens is 1. The molecule has 1 unspecified atom stereocenters. The van der Waals surface area contributed by atoms with E-state index in [1.54, 1.807) is 0 Å². The predicted molar refractivity (Wildman–Crippen MR) is 120 cm³/mol. The number of hydrogen-bond donors (Lipinski definition) is 0. The van der Waals surface area contributed by atoms with Gasteiger partial charge in [0.1, 0.15) is 5.82 Å². The van der Waals surface area contributed by atoms with Crippen LogP contribution in [0.2, 0.25) is 5.02 Å². The molecule has 1 aromatic carbocycles. The second-order valence-electron chi connectivity index (χ2n) is 8.11. The Bertz CT molecular complexity index is 943. The van der Waals surface area contributed by atoms with E-state index in [2.05, 4.69) is 42.4 Å². The van der Waals surface area contributed by atoms with Gasteiger partial charge >= 0.3 is 0 Å². The van der Waals surface area contributed by atoms with Gasteiger partial charge in [-0.25, -0.2) is 4.98 Å². The number of nitrogens with zero attached hydrogens (tertiary/aromatic N) is 3. The van der Waals surface area contributed by atoms with Gasteiger partial charge in [-0.05, 0) is 79.5 Å². The first-order chi connectivity index (χ1) is 13.5. The Morgan fingerprint density at radius 1 is 1.36 bits per heavy atom. The van der Waals surface area contributed by atoms with Gasteiger partial charge in [-0.1, -0.05) is 31.2 Å². The second-order valence-corrected chi connectivity index (χ2v) is 8.52. The van der Waals surface area contributed by atoms with Crippen molar-refractivity contribution in [1.29, 1.82) is 0 Å². The molecule has 1 atom stereocenters. The Morgan fingerprint density at radius 2 is 2.14 bits per heavy atom. The minimum Gasteiger partial charge on any atom is -0.348 e. The summed E-state index contributed by atoms with van der Waals surface area (Å²) in [5.74, 6) is 1.94. The fourth-order valence-corrected chi connectivity index (χ4v) is 4.15. The normalized spacial score (nSPS) is 19.1. The largest absolute Gasteiger partial charge is 0.348 e. The highest BCUT2D eigenvalue weighted by Crippen LogP contribution is 2.38. The summed E-state index contributed by atoms with van der Waals surface area (Å²) in [5, 5.41) is 0.755. The average Bonchev–Trinajstić information content (AvgIpc) is 3.44. The van der Waals surface area contributed by atoms with E-state index >= 15 is 0 Å². The zero-order valence-corrected chi connectivity index (χ0v) is 17.8. The van der Waals surface area contributed by atoms with Crippen LogP contribution >= 0.6 is 11.6 Å². The monoisotopic (exact) mass is 393 g/mol. The van der Waals surface area contributed by atoms with E-state index in [1.807, 2.05) is 25.3 Å². The predicted octanol–water partition coefficient (Wildman–Crippen LogP) is 6.40. The number of allylic oxidation sites excluding steroid dienone is 1. The van der Waals surface area contributed by atoms with E-state index < -0.39 is 0 Å². The zero-order chi connectivity index (χ0) is 19.8. The molecule has 28 heavy (non-hydrogen) atoms. The van der Waals surface area contributed by atoms with Crippen molar-refractivity contribution in [2.24, 2.45) is 10.9 Å². The Kier molecular flexibility index (Phi) is 5.29. The van der Waals surface area contributed by atoms with E-state index in [9.17, 15) is 0 Å². The average molecular weight is 394 g/mol. The summed E-state index contributed by atoms with van der Waals surface area (Å²) in [5.41, 5.74) is 6.59. The molecule has 146 valence electrons. The molecule has 2 aromatic rings. The maximum atomic E-state index is 6.51. The van der Waals surface area contributed by atoms with Crippen LogP contribution in [0.25, 0.3) is 5.57 Å². The fraction of sp³-hybridized carbons (Fsp3) is 0.417. The fourth-order valence-electron chi connectivity index (χ4n) is 3.93. The maximum absolute atomic E-state index is 6.51. The molecular weight excluding hydrogens is 366 g/mol. The van der Waals surface area contributed by atoms with Crippen molar-refractivity contribution in [2.75, 3.05) is 11.4 Å². The lowest BCUT2D eigenvalue weighted by Gasteiger charge is -2.27. The molecule has 0 radical (unpaired) electrons. The summed E-state index contributed by atoms with van der Waals surface area (Å²) in [6.45, 7) is 11.5. The molecule has 1 aliphatic carbocycles. The number of pyridine rings is 1. The SMILES string of the molecule is C=C(CC)c1cc(Cl)c(C)c(N=C(C)C2Cc3cccnc3N2CC2CC2)c1. The van der Waals surface area contributed by atoms with Gasteiger partial charge in [0.2, 0.25) is 0 Å². The van der Waals surface area contributed by atoms with Crippen molar-refractivity contribution in [2.45, 2.75) is 52.5 Å². The van der Waals surface area contributed by atoms with Crippen LogP contribution in [0.15, 0.2) is 42.0 Å². The number of rotatable bonds is 6. The highest BCUT2D eigenvalue weighted by molar-refractivity contribution is 6.32. The highest BCUT2D eigenvalue weighted by Gasteiger charge is 2.36. The lowest BCUT2D eigenvalue weighted by molar-refractivity contribution is 0.692. The van der Waals surface area contributed by atoms with E-state index in [-0.39, 0.29) is 6.04 Å². The minimum absolute atomic E-state index is 0.265. The standard InChI is InChI=1S/C24H28ClN3/c1-5-15(2)20-11-21(25)16(3)22(12-20)27-17(4)23-13-19-7-6-10-26-24(19)28(23)14-18-8-9-18/h6-7,10-12,18,23H,2,5,8-9,13-14H2,1,3-4H3. The van der Waals surface area contributed by atoms with Crippen LogP contribution in [0, 0.1) is 12.8 Å². The van der Waals surface area contributed by atoms with Gasteiger partial charge in [0.05, 0.1) is 11.7 Å². The molecule has 1 aliphatic heterocycles.